The fourth-order valence-electron chi connectivity index (χ4n) is 3.51. The lowest BCUT2D eigenvalue weighted by atomic mass is 9.94. The quantitative estimate of drug-likeness (QED) is 0.284. The van der Waals surface area contributed by atoms with Crippen molar-refractivity contribution in [3.8, 4) is 0 Å². The third-order valence-corrected chi connectivity index (χ3v) is 5.19. The smallest absolute Gasteiger partial charge is 0.216 e. The van der Waals surface area contributed by atoms with E-state index in [-0.39, 0.29) is 29.4 Å². The van der Waals surface area contributed by atoms with Crippen LogP contribution in [0.3, 0.4) is 0 Å². The first-order valence-electron chi connectivity index (χ1n) is 10.8. The van der Waals surface area contributed by atoms with Crippen LogP contribution < -0.4 is 10.6 Å². The molecule has 1 aliphatic heterocycles. The van der Waals surface area contributed by atoms with Crippen LogP contribution in [0.25, 0.3) is 0 Å². The fraction of sp³-hybridized carbons (Fsp3) is 0.565. The van der Waals surface area contributed by atoms with E-state index in [9.17, 15) is 5.11 Å². The van der Waals surface area contributed by atoms with Gasteiger partial charge in [-0.3, -0.25) is 4.90 Å². The molecule has 2 heterocycles. The number of aliphatic hydroxyl groups is 1. The van der Waals surface area contributed by atoms with Gasteiger partial charge in [0.1, 0.15) is 12.3 Å². The Bertz CT molecular complexity index is 846. The average molecular weight is 541 g/mol. The normalized spacial score (nSPS) is 15.7. The molecule has 2 aromatic rings. The Morgan fingerprint density at radius 3 is 2.68 bits per heavy atom. The Morgan fingerprint density at radius 1 is 1.26 bits per heavy atom. The van der Waals surface area contributed by atoms with Gasteiger partial charge in [0.05, 0.1) is 12.3 Å². The Hall–Kier alpha value is -1.65. The van der Waals surface area contributed by atoms with Crippen LogP contribution in [-0.4, -0.2) is 53.2 Å². The summed E-state index contributed by atoms with van der Waals surface area (Å²) >= 11 is 0. The predicted molar refractivity (Wildman–Crippen MR) is 135 cm³/mol. The molecule has 7 nitrogen and oxygen atoms in total. The summed E-state index contributed by atoms with van der Waals surface area (Å²) in [6, 6.07) is 8.55. The predicted octanol–water partition coefficient (Wildman–Crippen LogP) is 3.06. The number of aromatic nitrogens is 1. The summed E-state index contributed by atoms with van der Waals surface area (Å²) < 4.78 is 5.80. The summed E-state index contributed by atoms with van der Waals surface area (Å²) in [4.78, 5) is 11.2. The number of fused-ring (bicyclic) bond motifs is 1. The summed E-state index contributed by atoms with van der Waals surface area (Å²) in [6.07, 6.45) is 2.33. The Labute approximate surface area is 202 Å². The molecule has 3 N–H and O–H groups in total. The van der Waals surface area contributed by atoms with Crippen LogP contribution in [0.2, 0.25) is 0 Å². The Balaban J connectivity index is 0.00000341. The number of nitrogens with zero attached hydrogens (tertiary/aromatic N) is 3. The molecule has 1 aliphatic rings. The first kappa shape index (κ1) is 25.6. The first-order valence-corrected chi connectivity index (χ1v) is 10.8. The van der Waals surface area contributed by atoms with Gasteiger partial charge in [-0.15, -0.1) is 24.0 Å². The van der Waals surface area contributed by atoms with E-state index < -0.39 is 6.10 Å². The molecule has 1 aromatic carbocycles. The molecule has 0 fully saturated rings. The van der Waals surface area contributed by atoms with Crippen molar-refractivity contribution in [3.63, 3.8) is 0 Å². The number of benzene rings is 1. The SMILES string of the molecule is CCNC(=NCc1ncc(C(C)(C)C)o1)NCC(O)CN1CCc2ccccc2C1.I. The number of nitrogens with one attached hydrogen (secondary N) is 2. The number of aliphatic imine (C=N–C) groups is 1. The molecule has 8 heteroatoms. The lowest BCUT2D eigenvalue weighted by Crippen LogP contribution is -2.45. The molecule has 0 spiro atoms. The van der Waals surface area contributed by atoms with E-state index in [4.69, 9.17) is 4.42 Å². The summed E-state index contributed by atoms with van der Waals surface area (Å²) in [6.45, 7) is 12.3. The zero-order chi connectivity index (χ0) is 21.6. The molecule has 31 heavy (non-hydrogen) atoms. The van der Waals surface area contributed by atoms with E-state index in [0.717, 1.165) is 31.8 Å². The van der Waals surface area contributed by atoms with Crippen LogP contribution in [0.4, 0.5) is 0 Å². The molecule has 3 rings (SSSR count). The molecule has 1 aromatic heterocycles. The molecule has 0 radical (unpaired) electrons. The van der Waals surface area contributed by atoms with Crippen molar-refractivity contribution in [2.45, 2.75) is 58.7 Å². The van der Waals surface area contributed by atoms with Gasteiger partial charge in [0, 0.05) is 38.1 Å². The van der Waals surface area contributed by atoms with Gasteiger partial charge < -0.3 is 20.2 Å². The van der Waals surface area contributed by atoms with E-state index in [1.54, 1.807) is 6.20 Å². The van der Waals surface area contributed by atoms with Crippen molar-refractivity contribution < 1.29 is 9.52 Å². The first-order chi connectivity index (χ1) is 14.3. The van der Waals surface area contributed by atoms with Gasteiger partial charge in [-0.2, -0.15) is 0 Å². The summed E-state index contributed by atoms with van der Waals surface area (Å²) in [5.41, 5.74) is 2.71. The number of guanidine groups is 1. The maximum absolute atomic E-state index is 10.5. The highest BCUT2D eigenvalue weighted by Crippen LogP contribution is 2.22. The van der Waals surface area contributed by atoms with E-state index in [1.165, 1.54) is 11.1 Å². The largest absolute Gasteiger partial charge is 0.443 e. The standard InChI is InChI=1S/C23H35N5O2.HI/c1-5-24-22(27-14-21-25-13-20(30-21)23(2,3)4)26-12-19(29)16-28-11-10-17-8-6-7-9-18(17)15-28;/h6-9,13,19,29H,5,10-12,14-16H2,1-4H3,(H2,24,26,27);1H. The van der Waals surface area contributed by atoms with Crippen molar-refractivity contribution in [1.29, 1.82) is 0 Å². The topological polar surface area (TPSA) is 85.9 Å². The maximum Gasteiger partial charge on any atom is 0.216 e. The molecule has 172 valence electrons. The minimum atomic E-state index is -0.478. The van der Waals surface area contributed by atoms with Gasteiger partial charge in [-0.05, 0) is 24.5 Å². The summed E-state index contributed by atoms with van der Waals surface area (Å²) in [5, 5.41) is 17.0. The number of β-amino-alcohol motifs (C(OH)–C–C–N with tert-alkyl or cyclic N) is 1. The number of rotatable bonds is 7. The van der Waals surface area contributed by atoms with Crippen molar-refractivity contribution in [2.24, 2.45) is 4.99 Å². The minimum Gasteiger partial charge on any atom is -0.443 e. The van der Waals surface area contributed by atoms with Crippen LogP contribution in [0.15, 0.2) is 39.9 Å². The van der Waals surface area contributed by atoms with Crippen LogP contribution in [-0.2, 0) is 24.9 Å². The minimum absolute atomic E-state index is 0. The van der Waals surface area contributed by atoms with Gasteiger partial charge in [0.15, 0.2) is 5.96 Å². The number of aliphatic hydroxyl groups excluding tert-OH is 1. The van der Waals surface area contributed by atoms with Crippen molar-refractivity contribution >= 4 is 29.9 Å². The average Bonchev–Trinajstić information content (AvgIpc) is 3.20. The van der Waals surface area contributed by atoms with Crippen LogP contribution >= 0.6 is 24.0 Å². The zero-order valence-electron chi connectivity index (χ0n) is 19.0. The highest BCUT2D eigenvalue weighted by molar-refractivity contribution is 14.0. The van der Waals surface area contributed by atoms with Gasteiger partial charge in [0.25, 0.3) is 0 Å². The van der Waals surface area contributed by atoms with Crippen molar-refractivity contribution in [3.05, 3.63) is 53.2 Å². The second-order valence-corrected chi connectivity index (χ2v) is 8.85. The van der Waals surface area contributed by atoms with E-state index >= 15 is 0 Å². The summed E-state index contributed by atoms with van der Waals surface area (Å²) in [7, 11) is 0. The van der Waals surface area contributed by atoms with E-state index in [0.29, 0.717) is 31.5 Å². The zero-order valence-corrected chi connectivity index (χ0v) is 21.3. The molecule has 1 unspecified atom stereocenters. The van der Waals surface area contributed by atoms with Crippen LogP contribution in [0, 0.1) is 0 Å². The van der Waals surface area contributed by atoms with Gasteiger partial charge in [0.2, 0.25) is 5.89 Å². The molecule has 0 aliphatic carbocycles. The van der Waals surface area contributed by atoms with Crippen LogP contribution in [0.5, 0.6) is 0 Å². The molecule has 0 saturated carbocycles. The second kappa shape index (κ2) is 11.8. The van der Waals surface area contributed by atoms with E-state index in [2.05, 4.69) is 70.5 Å². The second-order valence-electron chi connectivity index (χ2n) is 8.85. The molecule has 0 saturated heterocycles. The Kier molecular flexibility index (Phi) is 9.77. The number of halogens is 1. The lowest BCUT2D eigenvalue weighted by Gasteiger charge is -2.30. The third-order valence-electron chi connectivity index (χ3n) is 5.19. The van der Waals surface area contributed by atoms with E-state index in [1.807, 2.05) is 6.92 Å². The number of oxazole rings is 1. The molecule has 0 bridgehead atoms. The Morgan fingerprint density at radius 2 is 2.00 bits per heavy atom. The third kappa shape index (κ3) is 7.76. The molecular formula is C23H36IN5O2. The summed E-state index contributed by atoms with van der Waals surface area (Å²) in [5.74, 6) is 2.09. The maximum atomic E-state index is 10.5. The molecular weight excluding hydrogens is 505 g/mol. The lowest BCUT2D eigenvalue weighted by molar-refractivity contribution is 0.108. The van der Waals surface area contributed by atoms with Gasteiger partial charge in [-0.25, -0.2) is 9.98 Å². The fourth-order valence-corrected chi connectivity index (χ4v) is 3.51. The number of hydrogen-bond donors (Lipinski definition) is 3. The van der Waals surface area contributed by atoms with Crippen molar-refractivity contribution in [1.82, 2.24) is 20.5 Å². The highest BCUT2D eigenvalue weighted by Gasteiger charge is 2.20. The van der Waals surface area contributed by atoms with Gasteiger partial charge >= 0.3 is 0 Å². The number of hydrogen-bond acceptors (Lipinski definition) is 5. The van der Waals surface area contributed by atoms with Gasteiger partial charge in [-0.1, -0.05) is 45.0 Å². The van der Waals surface area contributed by atoms with Crippen molar-refractivity contribution in [2.75, 3.05) is 26.2 Å². The molecule has 0 amide bonds. The monoisotopic (exact) mass is 541 g/mol. The highest BCUT2D eigenvalue weighted by atomic mass is 127. The van der Waals surface area contributed by atoms with Crippen LogP contribution in [0.1, 0.15) is 50.5 Å². The molecule has 1 atom stereocenters.